The van der Waals surface area contributed by atoms with Crippen LogP contribution in [0.25, 0.3) is 10.9 Å². The first-order valence-electron chi connectivity index (χ1n) is 9.05. The van der Waals surface area contributed by atoms with Gasteiger partial charge in [0.1, 0.15) is 5.69 Å². The van der Waals surface area contributed by atoms with Crippen LogP contribution in [0.4, 0.5) is 11.4 Å². The van der Waals surface area contributed by atoms with E-state index in [2.05, 4.69) is 51.4 Å². The van der Waals surface area contributed by atoms with E-state index >= 15 is 0 Å². The third-order valence-corrected chi connectivity index (χ3v) is 4.84. The summed E-state index contributed by atoms with van der Waals surface area (Å²) in [6.07, 6.45) is 2.26. The summed E-state index contributed by atoms with van der Waals surface area (Å²) in [6, 6.07) is 11.2. The van der Waals surface area contributed by atoms with Crippen molar-refractivity contribution < 1.29 is 4.92 Å². The molecule has 2 N–H and O–H groups in total. The summed E-state index contributed by atoms with van der Waals surface area (Å²) in [5.41, 5.74) is 2.58. The molecule has 3 aromatic rings. The fraction of sp³-hybridized carbons (Fsp3) is 0.300. The van der Waals surface area contributed by atoms with Crippen molar-refractivity contribution in [3.8, 4) is 0 Å². The van der Waals surface area contributed by atoms with Gasteiger partial charge in [-0.3, -0.25) is 14.9 Å². The van der Waals surface area contributed by atoms with Crippen LogP contribution in [0.1, 0.15) is 24.1 Å². The topological polar surface area (TPSA) is 104 Å². The number of likely N-dealkylation sites (N-methyl/N-ethyl adjacent to an activating group) is 1. The minimum Gasteiger partial charge on any atom is -0.378 e. The molecule has 0 saturated carbocycles. The monoisotopic (exact) mass is 381 g/mol. The molecule has 0 fully saturated rings. The molecule has 1 aromatic heterocycles. The Morgan fingerprint density at radius 3 is 2.57 bits per heavy atom. The molecule has 0 amide bonds. The molecule has 0 saturated heterocycles. The maximum Gasteiger partial charge on any atom is 0.293 e. The van der Waals surface area contributed by atoms with Crippen LogP contribution in [-0.2, 0) is 6.42 Å². The molecule has 0 bridgehead atoms. The Morgan fingerprint density at radius 2 is 1.96 bits per heavy atom. The first kappa shape index (κ1) is 19.5. The van der Waals surface area contributed by atoms with Gasteiger partial charge < -0.3 is 15.2 Å². The molecule has 8 heteroatoms. The summed E-state index contributed by atoms with van der Waals surface area (Å²) in [5, 5.41) is 14.9. The molecular formula is C20H23N5O3. The van der Waals surface area contributed by atoms with Crippen LogP contribution in [-0.4, -0.2) is 40.4 Å². The number of nitrogens with zero attached hydrogens (tertiary/aromatic N) is 3. The number of anilines is 1. The molecule has 0 radical (unpaired) electrons. The molecule has 1 heterocycles. The van der Waals surface area contributed by atoms with Gasteiger partial charge in [-0.15, -0.1) is 0 Å². The second-order valence-electron chi connectivity index (χ2n) is 6.83. The zero-order chi connectivity index (χ0) is 20.3. The number of aryl methyl sites for hydroxylation is 1. The molecule has 2 aromatic carbocycles. The lowest BCUT2D eigenvalue weighted by Crippen LogP contribution is -2.27. The van der Waals surface area contributed by atoms with Crippen molar-refractivity contribution in [3.63, 3.8) is 0 Å². The van der Waals surface area contributed by atoms with Gasteiger partial charge in [-0.2, -0.15) is 0 Å². The van der Waals surface area contributed by atoms with Gasteiger partial charge in [0.15, 0.2) is 0 Å². The standard InChI is InChI=1S/C20H23N5O3/c1-4-13-5-7-14(8-6-13)19(24(2)3)11-21-17-10-16-15(9-18(17)25(27)28)20(26)23-12-22-16/h5-10,12,19,21H,4,11H2,1-3H3,(H,22,23,26). The number of aromatic amines is 1. The lowest BCUT2D eigenvalue weighted by Gasteiger charge is -2.25. The number of hydrogen-bond acceptors (Lipinski definition) is 6. The summed E-state index contributed by atoms with van der Waals surface area (Å²) < 4.78 is 0. The third kappa shape index (κ3) is 4.01. The van der Waals surface area contributed by atoms with Crippen molar-refractivity contribution in [2.75, 3.05) is 26.0 Å². The number of rotatable bonds is 7. The predicted molar refractivity (Wildman–Crippen MR) is 110 cm³/mol. The third-order valence-electron chi connectivity index (χ3n) is 4.84. The van der Waals surface area contributed by atoms with Crippen molar-refractivity contribution in [1.82, 2.24) is 14.9 Å². The van der Waals surface area contributed by atoms with Crippen LogP contribution in [0.2, 0.25) is 0 Å². The molecule has 28 heavy (non-hydrogen) atoms. The maximum atomic E-state index is 11.9. The SMILES string of the molecule is CCc1ccc(C(CNc2cc3nc[nH]c(=O)c3cc2[N+](=O)[O-])N(C)C)cc1. The Balaban J connectivity index is 1.92. The largest absolute Gasteiger partial charge is 0.378 e. The Kier molecular flexibility index (Phi) is 5.70. The minimum atomic E-state index is -0.491. The van der Waals surface area contributed by atoms with Crippen LogP contribution in [0.5, 0.6) is 0 Å². The van der Waals surface area contributed by atoms with Crippen molar-refractivity contribution in [2.45, 2.75) is 19.4 Å². The van der Waals surface area contributed by atoms with E-state index in [1.807, 2.05) is 14.1 Å². The predicted octanol–water partition coefficient (Wildman–Crippen LogP) is 3.11. The molecule has 0 spiro atoms. The van der Waals surface area contributed by atoms with Crippen LogP contribution in [0.3, 0.4) is 0 Å². The van der Waals surface area contributed by atoms with Crippen molar-refractivity contribution in [1.29, 1.82) is 0 Å². The average Bonchev–Trinajstić information content (AvgIpc) is 2.68. The number of H-pyrrole nitrogens is 1. The van der Waals surface area contributed by atoms with E-state index in [0.29, 0.717) is 17.7 Å². The van der Waals surface area contributed by atoms with E-state index < -0.39 is 10.5 Å². The van der Waals surface area contributed by atoms with E-state index in [1.54, 1.807) is 6.07 Å². The van der Waals surface area contributed by atoms with Gasteiger partial charge in [0.2, 0.25) is 0 Å². The van der Waals surface area contributed by atoms with Crippen molar-refractivity contribution in [3.05, 3.63) is 74.3 Å². The molecule has 1 unspecified atom stereocenters. The second kappa shape index (κ2) is 8.18. The van der Waals surface area contributed by atoms with E-state index in [4.69, 9.17) is 0 Å². The highest BCUT2D eigenvalue weighted by Gasteiger charge is 2.20. The second-order valence-corrected chi connectivity index (χ2v) is 6.83. The first-order valence-corrected chi connectivity index (χ1v) is 9.05. The lowest BCUT2D eigenvalue weighted by atomic mass is 10.0. The summed E-state index contributed by atoms with van der Waals surface area (Å²) in [6.45, 7) is 2.58. The number of nitrogens with one attached hydrogen (secondary N) is 2. The van der Waals surface area contributed by atoms with Crippen LogP contribution >= 0.6 is 0 Å². The van der Waals surface area contributed by atoms with E-state index in [0.717, 1.165) is 12.0 Å². The van der Waals surface area contributed by atoms with Gasteiger partial charge in [0.25, 0.3) is 11.2 Å². The number of fused-ring (bicyclic) bond motifs is 1. The average molecular weight is 381 g/mol. The maximum absolute atomic E-state index is 11.9. The molecule has 1 atom stereocenters. The molecular weight excluding hydrogens is 358 g/mol. The fourth-order valence-corrected chi connectivity index (χ4v) is 3.18. The quantitative estimate of drug-likeness (QED) is 0.481. The number of hydrogen-bond donors (Lipinski definition) is 2. The molecule has 0 aliphatic heterocycles. The van der Waals surface area contributed by atoms with Gasteiger partial charge in [0.05, 0.1) is 28.2 Å². The number of nitro benzene ring substituents is 1. The lowest BCUT2D eigenvalue weighted by molar-refractivity contribution is -0.383. The number of nitro groups is 1. The van der Waals surface area contributed by atoms with E-state index in [9.17, 15) is 14.9 Å². The van der Waals surface area contributed by atoms with Gasteiger partial charge in [-0.25, -0.2) is 4.98 Å². The molecule has 0 aliphatic carbocycles. The van der Waals surface area contributed by atoms with Gasteiger partial charge >= 0.3 is 0 Å². The molecule has 0 aliphatic rings. The smallest absolute Gasteiger partial charge is 0.293 e. The zero-order valence-electron chi connectivity index (χ0n) is 16.1. The summed E-state index contributed by atoms with van der Waals surface area (Å²) >= 11 is 0. The normalized spacial score (nSPS) is 12.3. The summed E-state index contributed by atoms with van der Waals surface area (Å²) in [7, 11) is 3.94. The first-order chi connectivity index (χ1) is 13.4. The Labute approximate surface area is 162 Å². The van der Waals surface area contributed by atoms with Gasteiger partial charge in [-0.05, 0) is 37.7 Å². The minimum absolute atomic E-state index is 0.0216. The Bertz CT molecular complexity index is 1040. The van der Waals surface area contributed by atoms with Crippen LogP contribution < -0.4 is 10.9 Å². The van der Waals surface area contributed by atoms with Crippen molar-refractivity contribution >= 4 is 22.3 Å². The highest BCUT2D eigenvalue weighted by Crippen LogP contribution is 2.29. The molecule has 146 valence electrons. The van der Waals surface area contributed by atoms with E-state index in [-0.39, 0.29) is 17.1 Å². The number of benzene rings is 2. The summed E-state index contributed by atoms with van der Waals surface area (Å²) in [4.78, 5) is 31.6. The number of aromatic nitrogens is 2. The highest BCUT2D eigenvalue weighted by molar-refractivity contribution is 5.86. The zero-order valence-corrected chi connectivity index (χ0v) is 16.1. The molecule has 8 nitrogen and oxygen atoms in total. The Hall–Kier alpha value is -3.26. The van der Waals surface area contributed by atoms with E-state index in [1.165, 1.54) is 18.0 Å². The van der Waals surface area contributed by atoms with Crippen LogP contribution in [0.15, 0.2) is 47.5 Å². The van der Waals surface area contributed by atoms with Crippen LogP contribution in [0, 0.1) is 10.1 Å². The summed E-state index contributed by atoms with van der Waals surface area (Å²) in [5.74, 6) is 0. The molecule has 3 rings (SSSR count). The van der Waals surface area contributed by atoms with Gasteiger partial charge in [-0.1, -0.05) is 31.2 Å². The Morgan fingerprint density at radius 1 is 1.25 bits per heavy atom. The van der Waals surface area contributed by atoms with Crippen molar-refractivity contribution in [2.24, 2.45) is 0 Å². The highest BCUT2D eigenvalue weighted by atomic mass is 16.6. The fourth-order valence-electron chi connectivity index (χ4n) is 3.18. The van der Waals surface area contributed by atoms with Gasteiger partial charge in [0, 0.05) is 12.6 Å².